The first-order valence-corrected chi connectivity index (χ1v) is 8.59. The quantitative estimate of drug-likeness (QED) is 0.403. The molecule has 0 saturated carbocycles. The smallest absolute Gasteiger partial charge is 0.340 e. The third-order valence-corrected chi connectivity index (χ3v) is 4.44. The number of ether oxygens (including phenoxy) is 1. The van der Waals surface area contributed by atoms with Crippen LogP contribution in [0.25, 0.3) is 22.1 Å². The van der Waals surface area contributed by atoms with E-state index in [0.717, 1.165) is 11.1 Å². The molecule has 0 N–H and O–H groups in total. The van der Waals surface area contributed by atoms with Crippen molar-refractivity contribution in [3.05, 3.63) is 87.2 Å². The van der Waals surface area contributed by atoms with Crippen LogP contribution in [0.3, 0.4) is 0 Å². The average molecular weight is 359 g/mol. The molecule has 4 aromatic rings. The van der Waals surface area contributed by atoms with Gasteiger partial charge in [0.25, 0.3) is 0 Å². The number of rotatable bonds is 3. The normalized spacial score (nSPS) is 11.0. The first kappa shape index (κ1) is 17.0. The summed E-state index contributed by atoms with van der Waals surface area (Å²) in [7, 11) is 0. The van der Waals surface area contributed by atoms with Gasteiger partial charge in [-0.25, -0.2) is 9.78 Å². The van der Waals surface area contributed by atoms with Gasteiger partial charge in [0.15, 0.2) is 0 Å². The molecule has 0 radical (unpaired) electrons. The van der Waals surface area contributed by atoms with Crippen LogP contribution in [0.4, 0.5) is 0 Å². The Kier molecular flexibility index (Phi) is 4.20. The van der Waals surface area contributed by atoms with Gasteiger partial charge in [-0.3, -0.25) is 4.79 Å². The lowest BCUT2D eigenvalue weighted by Gasteiger charge is -2.08. The maximum atomic E-state index is 12.9. The Bertz CT molecular complexity index is 1230. The molecule has 5 nitrogen and oxygen atoms in total. The average Bonchev–Trinajstić information content (AvgIpc) is 2.67. The van der Waals surface area contributed by atoms with Gasteiger partial charge in [-0.05, 0) is 37.6 Å². The Hall–Kier alpha value is -3.47. The van der Waals surface area contributed by atoms with E-state index in [1.807, 2.05) is 43.3 Å². The number of benzene rings is 2. The van der Waals surface area contributed by atoms with Crippen LogP contribution in [0.5, 0.6) is 0 Å². The minimum Gasteiger partial charge on any atom is -0.457 e. The van der Waals surface area contributed by atoms with Crippen molar-refractivity contribution in [2.24, 2.45) is 0 Å². The number of hydrogen-bond acceptors (Lipinski definition) is 5. The summed E-state index contributed by atoms with van der Waals surface area (Å²) in [5, 5.41) is 0.738. The molecule has 27 heavy (non-hydrogen) atoms. The standard InChI is InChI=1S/C22H17NO4/c1-13-8-9-19-17(10-13)20(24)18-11-16(14(2)23-21(18)27-19)22(25)26-12-15-6-4-3-5-7-15/h3-11H,12H2,1-2H3. The van der Waals surface area contributed by atoms with Crippen LogP contribution in [0.2, 0.25) is 0 Å². The molecule has 5 heteroatoms. The van der Waals surface area contributed by atoms with Crippen molar-refractivity contribution >= 4 is 28.0 Å². The Labute approximate surface area is 155 Å². The molecule has 0 unspecified atom stereocenters. The largest absolute Gasteiger partial charge is 0.457 e. The lowest BCUT2D eigenvalue weighted by Crippen LogP contribution is -2.11. The van der Waals surface area contributed by atoms with E-state index in [1.54, 1.807) is 19.1 Å². The van der Waals surface area contributed by atoms with Crippen LogP contribution < -0.4 is 5.43 Å². The van der Waals surface area contributed by atoms with E-state index in [-0.39, 0.29) is 28.7 Å². The van der Waals surface area contributed by atoms with Crippen molar-refractivity contribution < 1.29 is 13.9 Å². The summed E-state index contributed by atoms with van der Waals surface area (Å²) in [6.45, 7) is 3.75. The molecule has 2 heterocycles. The molecule has 0 fully saturated rings. The lowest BCUT2D eigenvalue weighted by molar-refractivity contribution is 0.0471. The third kappa shape index (κ3) is 3.19. The van der Waals surface area contributed by atoms with Gasteiger partial charge in [0, 0.05) is 0 Å². The van der Waals surface area contributed by atoms with E-state index in [2.05, 4.69) is 4.98 Å². The van der Waals surface area contributed by atoms with Gasteiger partial charge in [0.2, 0.25) is 11.1 Å². The summed E-state index contributed by atoms with van der Waals surface area (Å²) in [4.78, 5) is 29.7. The number of carbonyl (C=O) groups excluding carboxylic acids is 1. The zero-order chi connectivity index (χ0) is 19.0. The highest BCUT2D eigenvalue weighted by Crippen LogP contribution is 2.21. The van der Waals surface area contributed by atoms with E-state index in [1.165, 1.54) is 6.07 Å². The number of aromatic nitrogens is 1. The molecule has 134 valence electrons. The minimum absolute atomic E-state index is 0.155. The van der Waals surface area contributed by atoms with Gasteiger partial charge in [-0.15, -0.1) is 0 Å². The summed E-state index contributed by atoms with van der Waals surface area (Å²) < 4.78 is 11.1. The number of pyridine rings is 1. The van der Waals surface area contributed by atoms with Crippen molar-refractivity contribution in [1.82, 2.24) is 4.98 Å². The van der Waals surface area contributed by atoms with E-state index in [4.69, 9.17) is 9.15 Å². The van der Waals surface area contributed by atoms with Crippen LogP contribution in [-0.4, -0.2) is 11.0 Å². The van der Waals surface area contributed by atoms with Crippen molar-refractivity contribution in [2.75, 3.05) is 0 Å². The van der Waals surface area contributed by atoms with Gasteiger partial charge in [-0.2, -0.15) is 0 Å². The number of fused-ring (bicyclic) bond motifs is 2. The van der Waals surface area contributed by atoms with Crippen LogP contribution in [0.15, 0.2) is 63.8 Å². The van der Waals surface area contributed by atoms with Crippen LogP contribution >= 0.6 is 0 Å². The molecular weight excluding hydrogens is 342 g/mol. The zero-order valence-corrected chi connectivity index (χ0v) is 15.0. The number of nitrogens with zero attached hydrogens (tertiary/aromatic N) is 1. The van der Waals surface area contributed by atoms with Crippen LogP contribution in [0, 0.1) is 13.8 Å². The van der Waals surface area contributed by atoms with Gasteiger partial charge in [-0.1, -0.05) is 42.0 Å². The van der Waals surface area contributed by atoms with E-state index in [9.17, 15) is 9.59 Å². The summed E-state index contributed by atoms with van der Waals surface area (Å²) in [6, 6.07) is 16.3. The monoisotopic (exact) mass is 359 g/mol. The first-order chi connectivity index (χ1) is 13.0. The van der Waals surface area contributed by atoms with Crippen LogP contribution in [-0.2, 0) is 11.3 Å². The fourth-order valence-electron chi connectivity index (χ4n) is 2.99. The Morgan fingerprint density at radius 2 is 1.81 bits per heavy atom. The molecular formula is C22H17NO4. The second kappa shape index (κ2) is 6.68. The lowest BCUT2D eigenvalue weighted by atomic mass is 10.1. The summed E-state index contributed by atoms with van der Waals surface area (Å²) >= 11 is 0. The predicted octanol–water partition coefficient (Wildman–Crippen LogP) is 4.32. The molecule has 2 aromatic carbocycles. The predicted molar refractivity (Wildman–Crippen MR) is 103 cm³/mol. The SMILES string of the molecule is Cc1ccc2oc3nc(C)c(C(=O)OCc4ccccc4)cc3c(=O)c2c1. The molecule has 0 bridgehead atoms. The highest BCUT2D eigenvalue weighted by Gasteiger charge is 2.17. The second-order valence-corrected chi connectivity index (χ2v) is 6.47. The fourth-order valence-corrected chi connectivity index (χ4v) is 2.99. The molecule has 0 aliphatic rings. The molecule has 2 aromatic heterocycles. The zero-order valence-electron chi connectivity index (χ0n) is 15.0. The number of carbonyl (C=O) groups is 1. The highest BCUT2D eigenvalue weighted by molar-refractivity contribution is 5.96. The second-order valence-electron chi connectivity index (χ2n) is 6.47. The van der Waals surface area contributed by atoms with E-state index < -0.39 is 5.97 Å². The summed E-state index contributed by atoms with van der Waals surface area (Å²) in [5.41, 5.74) is 3.04. The Morgan fingerprint density at radius 3 is 2.59 bits per heavy atom. The van der Waals surface area contributed by atoms with Crippen molar-refractivity contribution in [3.8, 4) is 0 Å². The number of esters is 1. The Morgan fingerprint density at radius 1 is 1.04 bits per heavy atom. The summed E-state index contributed by atoms with van der Waals surface area (Å²) in [5.74, 6) is -0.519. The Balaban J connectivity index is 1.76. The maximum Gasteiger partial charge on any atom is 0.340 e. The van der Waals surface area contributed by atoms with Crippen molar-refractivity contribution in [2.45, 2.75) is 20.5 Å². The van der Waals surface area contributed by atoms with Crippen LogP contribution in [0.1, 0.15) is 27.2 Å². The van der Waals surface area contributed by atoms with E-state index in [0.29, 0.717) is 16.7 Å². The molecule has 0 amide bonds. The van der Waals surface area contributed by atoms with Gasteiger partial charge >= 0.3 is 5.97 Å². The van der Waals surface area contributed by atoms with E-state index >= 15 is 0 Å². The molecule has 0 spiro atoms. The number of hydrogen-bond donors (Lipinski definition) is 0. The number of aryl methyl sites for hydroxylation is 2. The molecule has 0 atom stereocenters. The van der Waals surface area contributed by atoms with Gasteiger partial charge in [0.1, 0.15) is 12.2 Å². The first-order valence-electron chi connectivity index (χ1n) is 8.59. The maximum absolute atomic E-state index is 12.9. The topological polar surface area (TPSA) is 69.4 Å². The molecule has 0 aliphatic carbocycles. The minimum atomic E-state index is -0.519. The summed E-state index contributed by atoms with van der Waals surface area (Å²) in [6.07, 6.45) is 0. The van der Waals surface area contributed by atoms with Crippen molar-refractivity contribution in [3.63, 3.8) is 0 Å². The van der Waals surface area contributed by atoms with Gasteiger partial charge in [0.05, 0.1) is 22.0 Å². The molecule has 0 saturated heterocycles. The van der Waals surface area contributed by atoms with Crippen molar-refractivity contribution in [1.29, 1.82) is 0 Å². The fraction of sp³-hybridized carbons (Fsp3) is 0.136. The highest BCUT2D eigenvalue weighted by atomic mass is 16.5. The van der Waals surface area contributed by atoms with Gasteiger partial charge < -0.3 is 9.15 Å². The third-order valence-electron chi connectivity index (χ3n) is 4.44. The molecule has 4 rings (SSSR count). The molecule has 0 aliphatic heterocycles.